The summed E-state index contributed by atoms with van der Waals surface area (Å²) in [7, 11) is 0. The number of H-pyrrole nitrogens is 2. The third-order valence-corrected chi connectivity index (χ3v) is 2.53. The molecule has 1 heterocycles. The van der Waals surface area contributed by atoms with Gasteiger partial charge in [0.05, 0.1) is 0 Å². The first kappa shape index (κ1) is 12.8. The molecule has 0 unspecified atom stereocenters. The molecule has 0 aliphatic carbocycles. The number of hydrogen-bond acceptors (Lipinski definition) is 3. The number of aromatic amines is 2. The van der Waals surface area contributed by atoms with Gasteiger partial charge in [0.15, 0.2) is 5.78 Å². The highest BCUT2D eigenvalue weighted by Gasteiger charge is 2.01. The molecule has 0 saturated heterocycles. The van der Waals surface area contributed by atoms with Crippen LogP contribution in [-0.2, 0) is 0 Å². The molecule has 0 aliphatic heterocycles. The Morgan fingerprint density at radius 3 is 2.42 bits per heavy atom. The van der Waals surface area contributed by atoms with Crippen molar-refractivity contribution in [1.29, 1.82) is 0 Å². The summed E-state index contributed by atoms with van der Waals surface area (Å²) < 4.78 is 0. The van der Waals surface area contributed by atoms with Crippen LogP contribution in [0.4, 0.5) is 0 Å². The third kappa shape index (κ3) is 3.38. The summed E-state index contributed by atoms with van der Waals surface area (Å²) in [5, 5.41) is 0. The maximum Gasteiger partial charge on any atom is 0.326 e. The van der Waals surface area contributed by atoms with Gasteiger partial charge in [-0.15, -0.1) is 0 Å². The average Bonchev–Trinajstić information content (AvgIpc) is 2.36. The number of carbonyl (C=O) groups is 1. The Hall–Kier alpha value is -2.69. The molecule has 0 saturated carbocycles. The number of carbonyl (C=O) groups excluding carboxylic acids is 1. The van der Waals surface area contributed by atoms with Crippen molar-refractivity contribution >= 4 is 11.9 Å². The van der Waals surface area contributed by atoms with Crippen LogP contribution in [0, 0.1) is 6.92 Å². The topological polar surface area (TPSA) is 82.8 Å². The van der Waals surface area contributed by atoms with Gasteiger partial charge < -0.3 is 4.98 Å². The number of benzene rings is 1. The number of aromatic nitrogens is 2. The minimum Gasteiger partial charge on any atom is -0.307 e. The monoisotopic (exact) mass is 256 g/mol. The van der Waals surface area contributed by atoms with E-state index in [0.29, 0.717) is 5.56 Å². The van der Waals surface area contributed by atoms with E-state index in [9.17, 15) is 14.4 Å². The normalized spacial score (nSPS) is 10.8. The second-order valence-corrected chi connectivity index (χ2v) is 4.11. The Morgan fingerprint density at radius 1 is 1.11 bits per heavy atom. The molecule has 5 heteroatoms. The van der Waals surface area contributed by atoms with Crippen LogP contribution in [0.15, 0.2) is 46.0 Å². The smallest absolute Gasteiger partial charge is 0.307 e. The second kappa shape index (κ2) is 5.30. The molecule has 0 radical (unpaired) electrons. The summed E-state index contributed by atoms with van der Waals surface area (Å²) in [6, 6.07) is 8.35. The fourth-order valence-electron chi connectivity index (χ4n) is 1.56. The molecule has 0 amide bonds. The summed E-state index contributed by atoms with van der Waals surface area (Å²) >= 11 is 0. The summed E-state index contributed by atoms with van der Waals surface area (Å²) in [4.78, 5) is 38.4. The summed E-state index contributed by atoms with van der Waals surface area (Å²) in [6.07, 6.45) is 2.72. The van der Waals surface area contributed by atoms with Gasteiger partial charge in [-0.2, -0.15) is 0 Å². The number of allylic oxidation sites excluding steroid dienone is 1. The van der Waals surface area contributed by atoms with Crippen molar-refractivity contribution < 1.29 is 4.79 Å². The molecule has 0 fully saturated rings. The highest BCUT2D eigenvalue weighted by atomic mass is 16.2. The lowest BCUT2D eigenvalue weighted by Crippen LogP contribution is -2.21. The highest BCUT2D eigenvalue weighted by Crippen LogP contribution is 2.05. The van der Waals surface area contributed by atoms with Crippen molar-refractivity contribution in [3.05, 3.63) is 74.1 Å². The van der Waals surface area contributed by atoms with Gasteiger partial charge in [-0.3, -0.25) is 14.6 Å². The van der Waals surface area contributed by atoms with E-state index < -0.39 is 11.2 Å². The van der Waals surface area contributed by atoms with Crippen molar-refractivity contribution in [2.24, 2.45) is 0 Å². The Morgan fingerprint density at radius 2 is 1.79 bits per heavy atom. The first-order valence-electron chi connectivity index (χ1n) is 5.67. The van der Waals surface area contributed by atoms with Crippen LogP contribution in [0.25, 0.3) is 6.08 Å². The molecule has 1 aromatic carbocycles. The quantitative estimate of drug-likeness (QED) is 0.640. The first-order chi connectivity index (χ1) is 9.04. The standard InChI is InChI=1S/C14H12N2O3/c1-9-2-4-10(5-3-9)12(17)7-6-11-8-13(18)16-14(19)15-11/h2-8H,1H3,(H2,15,16,18,19)/b7-6+. The fraction of sp³-hybridized carbons (Fsp3) is 0.0714. The number of aryl methyl sites for hydroxylation is 1. The lowest BCUT2D eigenvalue weighted by molar-refractivity contribution is 0.104. The van der Waals surface area contributed by atoms with Gasteiger partial charge in [0, 0.05) is 17.3 Å². The fourth-order valence-corrected chi connectivity index (χ4v) is 1.56. The van der Waals surface area contributed by atoms with E-state index in [4.69, 9.17) is 0 Å². The minimum absolute atomic E-state index is 0.193. The molecular weight excluding hydrogens is 244 g/mol. The molecule has 2 aromatic rings. The molecule has 2 N–H and O–H groups in total. The zero-order chi connectivity index (χ0) is 13.8. The predicted octanol–water partition coefficient (Wildman–Crippen LogP) is 1.27. The van der Waals surface area contributed by atoms with Gasteiger partial charge in [0.1, 0.15) is 0 Å². The van der Waals surface area contributed by atoms with Crippen LogP contribution < -0.4 is 11.2 Å². The Kier molecular flexibility index (Phi) is 3.56. The van der Waals surface area contributed by atoms with Gasteiger partial charge >= 0.3 is 5.69 Å². The molecule has 96 valence electrons. The van der Waals surface area contributed by atoms with E-state index in [2.05, 4.69) is 9.97 Å². The lowest BCUT2D eigenvalue weighted by Gasteiger charge is -1.96. The zero-order valence-corrected chi connectivity index (χ0v) is 10.3. The van der Waals surface area contributed by atoms with E-state index in [0.717, 1.165) is 5.56 Å². The van der Waals surface area contributed by atoms with E-state index >= 15 is 0 Å². The van der Waals surface area contributed by atoms with Crippen LogP contribution in [-0.4, -0.2) is 15.8 Å². The molecule has 5 nitrogen and oxygen atoms in total. The van der Waals surface area contributed by atoms with Gasteiger partial charge in [-0.05, 0) is 19.1 Å². The Bertz CT molecular complexity index is 708. The van der Waals surface area contributed by atoms with Crippen LogP contribution in [0.2, 0.25) is 0 Å². The van der Waals surface area contributed by atoms with Crippen molar-refractivity contribution in [3.8, 4) is 0 Å². The van der Waals surface area contributed by atoms with Crippen molar-refractivity contribution in [2.45, 2.75) is 6.92 Å². The lowest BCUT2D eigenvalue weighted by atomic mass is 10.1. The van der Waals surface area contributed by atoms with Crippen molar-refractivity contribution in [2.75, 3.05) is 0 Å². The molecule has 0 atom stereocenters. The van der Waals surface area contributed by atoms with Gasteiger partial charge in [0.25, 0.3) is 5.56 Å². The van der Waals surface area contributed by atoms with Gasteiger partial charge in [0.2, 0.25) is 0 Å². The summed E-state index contributed by atoms with van der Waals surface area (Å²) in [5.41, 5.74) is 0.795. The molecule has 19 heavy (non-hydrogen) atoms. The highest BCUT2D eigenvalue weighted by molar-refractivity contribution is 6.06. The third-order valence-electron chi connectivity index (χ3n) is 2.53. The largest absolute Gasteiger partial charge is 0.326 e. The molecule has 2 rings (SSSR count). The van der Waals surface area contributed by atoms with Crippen LogP contribution >= 0.6 is 0 Å². The van der Waals surface area contributed by atoms with E-state index in [-0.39, 0.29) is 11.5 Å². The maximum absolute atomic E-state index is 11.8. The van der Waals surface area contributed by atoms with Gasteiger partial charge in [-0.25, -0.2) is 4.79 Å². The summed E-state index contributed by atoms with van der Waals surface area (Å²) in [5.74, 6) is -0.193. The first-order valence-corrected chi connectivity index (χ1v) is 5.67. The van der Waals surface area contributed by atoms with E-state index in [1.54, 1.807) is 12.1 Å². The van der Waals surface area contributed by atoms with E-state index in [1.165, 1.54) is 18.2 Å². The van der Waals surface area contributed by atoms with Crippen LogP contribution in [0.5, 0.6) is 0 Å². The molecular formula is C14H12N2O3. The number of hydrogen-bond donors (Lipinski definition) is 2. The van der Waals surface area contributed by atoms with Crippen molar-refractivity contribution in [3.63, 3.8) is 0 Å². The van der Waals surface area contributed by atoms with Crippen LogP contribution in [0.1, 0.15) is 21.6 Å². The maximum atomic E-state index is 11.8. The van der Waals surface area contributed by atoms with Crippen LogP contribution in [0.3, 0.4) is 0 Å². The van der Waals surface area contributed by atoms with Crippen molar-refractivity contribution in [1.82, 2.24) is 9.97 Å². The molecule has 0 spiro atoms. The number of ketones is 1. The molecule has 0 aliphatic rings. The Labute approximate surface area is 108 Å². The molecule has 1 aromatic heterocycles. The second-order valence-electron chi connectivity index (χ2n) is 4.11. The number of rotatable bonds is 3. The van der Waals surface area contributed by atoms with Gasteiger partial charge in [-0.1, -0.05) is 29.8 Å². The van der Waals surface area contributed by atoms with E-state index in [1.807, 2.05) is 19.1 Å². The minimum atomic E-state index is -0.602. The zero-order valence-electron chi connectivity index (χ0n) is 10.3. The average molecular weight is 256 g/mol. The Balaban J connectivity index is 2.22. The number of nitrogens with one attached hydrogen (secondary N) is 2. The predicted molar refractivity (Wildman–Crippen MR) is 72.2 cm³/mol. The SMILES string of the molecule is Cc1ccc(C(=O)/C=C/c2cc(=O)[nH]c(=O)[nH]2)cc1. The molecule has 0 bridgehead atoms. The summed E-state index contributed by atoms with van der Waals surface area (Å²) in [6.45, 7) is 1.94.